The van der Waals surface area contributed by atoms with Crippen molar-refractivity contribution in [1.82, 2.24) is 4.98 Å². The van der Waals surface area contributed by atoms with Crippen molar-refractivity contribution in [2.75, 3.05) is 13.7 Å². The third-order valence-electron chi connectivity index (χ3n) is 2.85. The minimum atomic E-state index is -0.414. The van der Waals surface area contributed by atoms with Crippen LogP contribution in [0.25, 0.3) is 10.9 Å². The molecule has 5 nitrogen and oxygen atoms in total. The lowest BCUT2D eigenvalue weighted by atomic mass is 10.1. The number of hydrogen-bond donors (Lipinski definition) is 0. The van der Waals surface area contributed by atoms with Crippen LogP contribution < -0.4 is 4.74 Å². The molecule has 20 heavy (non-hydrogen) atoms. The lowest BCUT2D eigenvalue weighted by molar-refractivity contribution is 0.0526. The molecule has 0 aliphatic heterocycles. The monoisotopic (exact) mass is 273 g/mol. The quantitative estimate of drug-likeness (QED) is 0.633. The summed E-state index contributed by atoms with van der Waals surface area (Å²) in [4.78, 5) is 27.4. The molecule has 0 aliphatic carbocycles. The highest BCUT2D eigenvalue weighted by Gasteiger charge is 2.13. The average Bonchev–Trinajstić information content (AvgIpc) is 2.45. The number of methoxy groups -OCH3 is 1. The minimum Gasteiger partial charge on any atom is -0.494 e. The highest BCUT2D eigenvalue weighted by atomic mass is 16.5. The van der Waals surface area contributed by atoms with Gasteiger partial charge in [-0.15, -0.1) is 0 Å². The van der Waals surface area contributed by atoms with Gasteiger partial charge < -0.3 is 9.47 Å². The van der Waals surface area contributed by atoms with Crippen molar-refractivity contribution in [3.05, 3.63) is 35.5 Å². The van der Waals surface area contributed by atoms with Gasteiger partial charge >= 0.3 is 5.97 Å². The molecule has 5 heteroatoms. The molecule has 0 spiro atoms. The number of benzene rings is 1. The Morgan fingerprint density at radius 1 is 1.25 bits per heavy atom. The number of ether oxygens (including phenoxy) is 2. The summed E-state index contributed by atoms with van der Waals surface area (Å²) in [5, 5.41) is 0.720. The molecule has 0 saturated carbocycles. The Kier molecular flexibility index (Phi) is 3.98. The van der Waals surface area contributed by atoms with E-state index in [1.54, 1.807) is 31.2 Å². The van der Waals surface area contributed by atoms with Gasteiger partial charge in [0.05, 0.1) is 19.3 Å². The van der Waals surface area contributed by atoms with Crippen LogP contribution in [0.3, 0.4) is 0 Å². The van der Waals surface area contributed by atoms with E-state index >= 15 is 0 Å². The van der Waals surface area contributed by atoms with Crippen LogP contribution in [0.5, 0.6) is 5.75 Å². The average molecular weight is 273 g/mol. The van der Waals surface area contributed by atoms with Gasteiger partial charge in [0.2, 0.25) is 0 Å². The Bertz CT molecular complexity index is 679. The first kappa shape index (κ1) is 14.0. The number of nitrogens with zero attached hydrogens (tertiary/aromatic N) is 1. The number of esters is 1. The van der Waals surface area contributed by atoms with Gasteiger partial charge in [-0.05, 0) is 25.1 Å². The number of carbonyl (C=O) groups is 2. The van der Waals surface area contributed by atoms with Gasteiger partial charge in [-0.2, -0.15) is 0 Å². The van der Waals surface area contributed by atoms with Crippen molar-refractivity contribution in [3.63, 3.8) is 0 Å². The topological polar surface area (TPSA) is 65.5 Å². The molecule has 2 rings (SSSR count). The second-order valence-electron chi connectivity index (χ2n) is 4.22. The molecular weight excluding hydrogens is 258 g/mol. The van der Waals surface area contributed by atoms with Gasteiger partial charge in [0.1, 0.15) is 17.0 Å². The first-order valence-corrected chi connectivity index (χ1v) is 6.23. The van der Waals surface area contributed by atoms with Crippen LogP contribution in [0.1, 0.15) is 34.7 Å². The van der Waals surface area contributed by atoms with Gasteiger partial charge in [-0.3, -0.25) is 4.79 Å². The summed E-state index contributed by atoms with van der Waals surface area (Å²) >= 11 is 0. The van der Waals surface area contributed by atoms with Gasteiger partial charge in [-0.1, -0.05) is 6.07 Å². The molecule has 1 aromatic heterocycles. The number of pyridine rings is 1. The number of fused-ring (bicyclic) bond motifs is 1. The van der Waals surface area contributed by atoms with Crippen molar-refractivity contribution in [3.8, 4) is 5.75 Å². The number of rotatable bonds is 4. The van der Waals surface area contributed by atoms with Crippen LogP contribution in [0.2, 0.25) is 0 Å². The van der Waals surface area contributed by atoms with E-state index in [0.717, 1.165) is 5.39 Å². The molecule has 0 saturated heterocycles. The zero-order valence-corrected chi connectivity index (χ0v) is 11.6. The SMILES string of the molecule is CCOC(=O)c1cc(OC)c2nc(C(C)=O)ccc2c1. The van der Waals surface area contributed by atoms with Crippen LogP contribution in [-0.2, 0) is 4.74 Å². The standard InChI is InChI=1S/C15H15NO4/c1-4-20-15(18)11-7-10-5-6-12(9(2)17)16-14(10)13(8-11)19-3/h5-8H,4H2,1-3H3. The molecule has 0 amide bonds. The van der Waals surface area contributed by atoms with Crippen LogP contribution in [0.4, 0.5) is 0 Å². The molecule has 0 bridgehead atoms. The molecule has 0 unspecified atom stereocenters. The largest absolute Gasteiger partial charge is 0.494 e. The first-order chi connectivity index (χ1) is 9.56. The third kappa shape index (κ3) is 2.61. The fraction of sp³-hybridized carbons (Fsp3) is 0.267. The molecule has 104 valence electrons. The second kappa shape index (κ2) is 5.69. The van der Waals surface area contributed by atoms with Crippen molar-refractivity contribution < 1.29 is 19.1 Å². The smallest absolute Gasteiger partial charge is 0.338 e. The maximum absolute atomic E-state index is 11.8. The summed E-state index contributed by atoms with van der Waals surface area (Å²) in [6.45, 7) is 3.51. The number of ketones is 1. The Hall–Kier alpha value is -2.43. The van der Waals surface area contributed by atoms with Crippen LogP contribution in [0, 0.1) is 0 Å². The minimum absolute atomic E-state index is 0.122. The predicted molar refractivity (Wildman–Crippen MR) is 74.3 cm³/mol. The summed E-state index contributed by atoms with van der Waals surface area (Å²) in [6.07, 6.45) is 0. The molecule has 0 N–H and O–H groups in total. The van der Waals surface area contributed by atoms with Gasteiger partial charge in [0, 0.05) is 12.3 Å². The van der Waals surface area contributed by atoms with E-state index in [9.17, 15) is 9.59 Å². The summed E-state index contributed by atoms with van der Waals surface area (Å²) in [5.41, 5.74) is 1.31. The number of carbonyl (C=O) groups excluding carboxylic acids is 2. The fourth-order valence-electron chi connectivity index (χ4n) is 1.89. The van der Waals surface area contributed by atoms with Crippen molar-refractivity contribution in [1.29, 1.82) is 0 Å². The second-order valence-corrected chi connectivity index (χ2v) is 4.22. The van der Waals surface area contributed by atoms with Crippen molar-refractivity contribution in [2.45, 2.75) is 13.8 Å². The van der Waals surface area contributed by atoms with E-state index in [1.165, 1.54) is 14.0 Å². The van der Waals surface area contributed by atoms with Crippen LogP contribution in [0.15, 0.2) is 24.3 Å². The highest BCUT2D eigenvalue weighted by molar-refractivity contribution is 5.99. The molecule has 1 aromatic carbocycles. The molecule has 0 radical (unpaired) electrons. The first-order valence-electron chi connectivity index (χ1n) is 6.23. The number of hydrogen-bond acceptors (Lipinski definition) is 5. The third-order valence-corrected chi connectivity index (χ3v) is 2.85. The highest BCUT2D eigenvalue weighted by Crippen LogP contribution is 2.26. The Morgan fingerprint density at radius 2 is 2.00 bits per heavy atom. The van der Waals surface area contributed by atoms with E-state index in [0.29, 0.717) is 29.1 Å². The zero-order chi connectivity index (χ0) is 14.7. The van der Waals surface area contributed by atoms with Gasteiger partial charge in [0.25, 0.3) is 0 Å². The Labute approximate surface area is 116 Å². The summed E-state index contributed by atoms with van der Waals surface area (Å²) < 4.78 is 10.2. The van der Waals surface area contributed by atoms with E-state index in [-0.39, 0.29) is 5.78 Å². The van der Waals surface area contributed by atoms with Crippen molar-refractivity contribution >= 4 is 22.7 Å². The fourth-order valence-corrected chi connectivity index (χ4v) is 1.89. The lowest BCUT2D eigenvalue weighted by Gasteiger charge is -2.09. The molecule has 2 aromatic rings. The van der Waals surface area contributed by atoms with Gasteiger partial charge in [-0.25, -0.2) is 9.78 Å². The maximum Gasteiger partial charge on any atom is 0.338 e. The normalized spacial score (nSPS) is 10.3. The zero-order valence-electron chi connectivity index (χ0n) is 11.6. The Morgan fingerprint density at radius 3 is 2.60 bits per heavy atom. The van der Waals surface area contributed by atoms with E-state index in [1.807, 2.05) is 0 Å². The molecule has 0 fully saturated rings. The van der Waals surface area contributed by atoms with E-state index in [4.69, 9.17) is 9.47 Å². The Balaban J connectivity index is 2.61. The summed E-state index contributed by atoms with van der Waals surface area (Å²) in [5.74, 6) is -0.0968. The van der Waals surface area contributed by atoms with Crippen LogP contribution in [-0.4, -0.2) is 30.5 Å². The number of aromatic nitrogens is 1. The van der Waals surface area contributed by atoms with Crippen LogP contribution >= 0.6 is 0 Å². The molecule has 1 heterocycles. The molecule has 0 atom stereocenters. The van der Waals surface area contributed by atoms with E-state index in [2.05, 4.69) is 4.98 Å². The number of Topliss-reactive ketones (excluding diaryl/α,β-unsaturated/α-hetero) is 1. The predicted octanol–water partition coefficient (Wildman–Crippen LogP) is 2.62. The molecule has 0 aliphatic rings. The van der Waals surface area contributed by atoms with E-state index < -0.39 is 5.97 Å². The lowest BCUT2D eigenvalue weighted by Crippen LogP contribution is -2.06. The summed E-state index contributed by atoms with van der Waals surface area (Å²) in [6, 6.07) is 6.60. The van der Waals surface area contributed by atoms with Gasteiger partial charge in [0.15, 0.2) is 5.78 Å². The van der Waals surface area contributed by atoms with Crippen molar-refractivity contribution in [2.24, 2.45) is 0 Å². The maximum atomic E-state index is 11.8. The molecular formula is C15H15NO4. The summed E-state index contributed by atoms with van der Waals surface area (Å²) in [7, 11) is 1.49.